The van der Waals surface area contributed by atoms with Gasteiger partial charge in [-0.2, -0.15) is 0 Å². The molecule has 1 aliphatic rings. The van der Waals surface area contributed by atoms with Crippen LogP contribution in [0, 0.1) is 0 Å². The summed E-state index contributed by atoms with van der Waals surface area (Å²) < 4.78 is 0. The number of hydrogen-bond acceptors (Lipinski definition) is 2. The van der Waals surface area contributed by atoms with E-state index in [0.29, 0.717) is 5.56 Å². The van der Waals surface area contributed by atoms with Crippen molar-refractivity contribution in [1.82, 2.24) is 5.48 Å². The van der Waals surface area contributed by atoms with Crippen LogP contribution in [-0.4, -0.2) is 11.5 Å². The number of benzene rings is 1. The number of carbonyl (C=O) groups excluding carboxylic acids is 1. The van der Waals surface area contributed by atoms with E-state index in [-0.39, 0.29) is 11.5 Å². The van der Waals surface area contributed by atoms with E-state index in [1.807, 2.05) is 39.0 Å². The Morgan fingerprint density at radius 1 is 1.24 bits per heavy atom. The van der Waals surface area contributed by atoms with E-state index in [0.717, 1.165) is 12.8 Å². The molecule has 92 valence electrons. The van der Waals surface area contributed by atoms with Crippen molar-refractivity contribution in [2.75, 3.05) is 0 Å². The second-order valence-electron chi connectivity index (χ2n) is 5.48. The third-order valence-electron chi connectivity index (χ3n) is 2.81. The smallest absolute Gasteiger partial charge is 0.268 e. The van der Waals surface area contributed by atoms with E-state index in [9.17, 15) is 4.79 Å². The third kappa shape index (κ3) is 3.07. The molecule has 0 atom stereocenters. The highest BCUT2D eigenvalue weighted by atomic mass is 16.7. The Hall–Kier alpha value is -1.35. The molecule has 0 spiro atoms. The SMILES string of the molecule is CC(C)(C)ONC(=O)c1ccc2c(c1)CCC2. The number of hydroxylamine groups is 1. The number of hydrogen-bond donors (Lipinski definition) is 1. The molecule has 2 rings (SSSR count). The van der Waals surface area contributed by atoms with E-state index < -0.39 is 0 Å². The predicted molar refractivity (Wildman–Crippen MR) is 66.8 cm³/mol. The second kappa shape index (κ2) is 4.49. The van der Waals surface area contributed by atoms with Crippen LogP contribution >= 0.6 is 0 Å². The van der Waals surface area contributed by atoms with Crippen LogP contribution in [-0.2, 0) is 17.7 Å². The summed E-state index contributed by atoms with van der Waals surface area (Å²) in [5, 5.41) is 0. The van der Waals surface area contributed by atoms with Crippen molar-refractivity contribution in [2.45, 2.75) is 45.6 Å². The summed E-state index contributed by atoms with van der Waals surface area (Å²) in [6, 6.07) is 5.89. The lowest BCUT2D eigenvalue weighted by atomic mass is 10.1. The van der Waals surface area contributed by atoms with Crippen LogP contribution in [0.5, 0.6) is 0 Å². The van der Waals surface area contributed by atoms with Crippen molar-refractivity contribution >= 4 is 5.91 Å². The van der Waals surface area contributed by atoms with Crippen molar-refractivity contribution < 1.29 is 9.63 Å². The minimum absolute atomic E-state index is 0.172. The highest BCUT2D eigenvalue weighted by Gasteiger charge is 2.16. The fourth-order valence-corrected chi connectivity index (χ4v) is 1.97. The molecule has 1 amide bonds. The average molecular weight is 233 g/mol. The number of fused-ring (bicyclic) bond motifs is 1. The highest BCUT2D eigenvalue weighted by Crippen LogP contribution is 2.22. The summed E-state index contributed by atoms with van der Waals surface area (Å²) in [5.74, 6) is -0.172. The minimum Gasteiger partial charge on any atom is -0.268 e. The van der Waals surface area contributed by atoms with Crippen LogP contribution in [0.15, 0.2) is 18.2 Å². The molecule has 0 fully saturated rings. The van der Waals surface area contributed by atoms with Gasteiger partial charge in [0.2, 0.25) is 0 Å². The molecule has 1 N–H and O–H groups in total. The molecule has 1 aliphatic carbocycles. The summed E-state index contributed by atoms with van der Waals surface area (Å²) >= 11 is 0. The quantitative estimate of drug-likeness (QED) is 0.797. The molecule has 0 radical (unpaired) electrons. The van der Waals surface area contributed by atoms with Gasteiger partial charge in [0.05, 0.1) is 5.60 Å². The van der Waals surface area contributed by atoms with Crippen molar-refractivity contribution in [3.8, 4) is 0 Å². The van der Waals surface area contributed by atoms with Crippen LogP contribution in [0.25, 0.3) is 0 Å². The van der Waals surface area contributed by atoms with E-state index in [4.69, 9.17) is 4.84 Å². The number of rotatable bonds is 2. The number of amides is 1. The first-order valence-electron chi connectivity index (χ1n) is 6.06. The first-order valence-corrected chi connectivity index (χ1v) is 6.06. The predicted octanol–water partition coefficient (Wildman–Crippen LogP) is 2.64. The van der Waals surface area contributed by atoms with Gasteiger partial charge in [0.25, 0.3) is 5.91 Å². The maximum atomic E-state index is 11.9. The Bertz CT molecular complexity index is 432. The van der Waals surface area contributed by atoms with Gasteiger partial charge in [-0.15, -0.1) is 0 Å². The molecule has 0 heterocycles. The van der Waals surface area contributed by atoms with E-state index in [1.165, 1.54) is 17.5 Å². The second-order valence-corrected chi connectivity index (χ2v) is 5.48. The lowest BCUT2D eigenvalue weighted by molar-refractivity contribution is -0.0589. The summed E-state index contributed by atoms with van der Waals surface area (Å²) in [6.07, 6.45) is 3.41. The summed E-state index contributed by atoms with van der Waals surface area (Å²) in [7, 11) is 0. The van der Waals surface area contributed by atoms with E-state index >= 15 is 0 Å². The van der Waals surface area contributed by atoms with Gasteiger partial charge in [-0.25, -0.2) is 5.48 Å². The Morgan fingerprint density at radius 2 is 1.94 bits per heavy atom. The monoisotopic (exact) mass is 233 g/mol. The standard InChI is InChI=1S/C14H19NO2/c1-14(2,3)17-15-13(16)12-8-7-10-5-4-6-11(10)9-12/h7-9H,4-6H2,1-3H3,(H,15,16). The molecule has 0 bridgehead atoms. The van der Waals surface area contributed by atoms with Gasteiger partial charge >= 0.3 is 0 Å². The number of nitrogens with one attached hydrogen (secondary N) is 1. The Morgan fingerprint density at radius 3 is 2.65 bits per heavy atom. The molecule has 17 heavy (non-hydrogen) atoms. The molecule has 3 nitrogen and oxygen atoms in total. The lowest BCUT2D eigenvalue weighted by Gasteiger charge is -2.19. The Kier molecular flexibility index (Phi) is 3.20. The molecule has 0 saturated carbocycles. The van der Waals surface area contributed by atoms with Crippen LogP contribution < -0.4 is 5.48 Å². The van der Waals surface area contributed by atoms with Gasteiger partial charge < -0.3 is 0 Å². The van der Waals surface area contributed by atoms with E-state index in [1.54, 1.807) is 0 Å². The zero-order valence-corrected chi connectivity index (χ0v) is 10.7. The van der Waals surface area contributed by atoms with Gasteiger partial charge in [-0.3, -0.25) is 9.63 Å². The van der Waals surface area contributed by atoms with E-state index in [2.05, 4.69) is 5.48 Å². The normalized spacial score (nSPS) is 14.5. The molecule has 1 aromatic rings. The highest BCUT2D eigenvalue weighted by molar-refractivity contribution is 5.93. The lowest BCUT2D eigenvalue weighted by Crippen LogP contribution is -2.33. The molecule has 0 aliphatic heterocycles. The topological polar surface area (TPSA) is 38.3 Å². The van der Waals surface area contributed by atoms with Crippen LogP contribution in [0.1, 0.15) is 48.7 Å². The molecular formula is C14H19NO2. The Labute approximate surface area is 102 Å². The summed E-state index contributed by atoms with van der Waals surface area (Å²) in [4.78, 5) is 17.1. The fraction of sp³-hybridized carbons (Fsp3) is 0.500. The molecule has 0 aromatic heterocycles. The zero-order valence-electron chi connectivity index (χ0n) is 10.7. The maximum Gasteiger partial charge on any atom is 0.274 e. The van der Waals surface area contributed by atoms with Gasteiger partial charge in [-0.05, 0) is 63.3 Å². The van der Waals surface area contributed by atoms with Gasteiger partial charge in [0, 0.05) is 5.56 Å². The first kappa shape index (κ1) is 12.1. The largest absolute Gasteiger partial charge is 0.274 e. The van der Waals surface area contributed by atoms with Gasteiger partial charge in [-0.1, -0.05) is 6.07 Å². The molecule has 1 aromatic carbocycles. The molecule has 0 saturated heterocycles. The summed E-state index contributed by atoms with van der Waals surface area (Å²) in [6.45, 7) is 5.70. The molecular weight excluding hydrogens is 214 g/mol. The van der Waals surface area contributed by atoms with Crippen LogP contribution in [0.3, 0.4) is 0 Å². The summed E-state index contributed by atoms with van der Waals surface area (Å²) in [5.41, 5.74) is 5.47. The maximum absolute atomic E-state index is 11.9. The Balaban J connectivity index is 2.05. The zero-order chi connectivity index (χ0) is 12.5. The number of carbonyl (C=O) groups is 1. The number of aryl methyl sites for hydroxylation is 2. The average Bonchev–Trinajstić information content (AvgIpc) is 2.71. The molecule has 0 unspecified atom stereocenters. The van der Waals surface area contributed by atoms with Crippen molar-refractivity contribution in [3.63, 3.8) is 0 Å². The van der Waals surface area contributed by atoms with Crippen molar-refractivity contribution in [1.29, 1.82) is 0 Å². The minimum atomic E-state index is -0.369. The van der Waals surface area contributed by atoms with Crippen molar-refractivity contribution in [2.24, 2.45) is 0 Å². The first-order chi connectivity index (χ1) is 7.96. The van der Waals surface area contributed by atoms with Crippen LogP contribution in [0.2, 0.25) is 0 Å². The fourth-order valence-electron chi connectivity index (χ4n) is 1.97. The van der Waals surface area contributed by atoms with Crippen LogP contribution in [0.4, 0.5) is 0 Å². The van der Waals surface area contributed by atoms with Gasteiger partial charge in [0.1, 0.15) is 0 Å². The third-order valence-corrected chi connectivity index (χ3v) is 2.81. The van der Waals surface area contributed by atoms with Gasteiger partial charge in [0.15, 0.2) is 0 Å². The molecule has 3 heteroatoms. The van der Waals surface area contributed by atoms with Crippen molar-refractivity contribution in [3.05, 3.63) is 34.9 Å².